The molecule has 1 fully saturated rings. The Bertz CT molecular complexity index is 1440. The number of rotatable bonds is 0. The van der Waals surface area contributed by atoms with E-state index in [4.69, 9.17) is 16.3 Å². The number of benzene rings is 2. The second-order valence-electron chi connectivity index (χ2n) is 13.5. The van der Waals surface area contributed by atoms with E-state index < -0.39 is 14.5 Å². The van der Waals surface area contributed by atoms with Crippen molar-refractivity contribution >= 4 is 38.8 Å². The van der Waals surface area contributed by atoms with Crippen molar-refractivity contribution in [2.45, 2.75) is 87.9 Å². The Balaban J connectivity index is 1.42. The van der Waals surface area contributed by atoms with Crippen molar-refractivity contribution in [2.75, 3.05) is 24.6 Å². The van der Waals surface area contributed by atoms with E-state index >= 15 is 0 Å². The number of ether oxygens (including phenoxy) is 1. The summed E-state index contributed by atoms with van der Waals surface area (Å²) >= 11 is 6.40. The van der Waals surface area contributed by atoms with E-state index in [1.165, 1.54) is 11.1 Å². The predicted molar refractivity (Wildman–Crippen MR) is 168 cm³/mol. The minimum atomic E-state index is -2.93. The molecule has 1 spiro atoms. The number of aliphatic hydroxyl groups excluding tert-OH is 1. The molecule has 6 rings (SSSR count). The van der Waals surface area contributed by atoms with Gasteiger partial charge >= 0.3 is 0 Å². The van der Waals surface area contributed by atoms with Crippen molar-refractivity contribution < 1.29 is 18.8 Å². The van der Waals surface area contributed by atoms with Gasteiger partial charge in [-0.05, 0) is 118 Å². The van der Waals surface area contributed by atoms with Crippen LogP contribution in [0.1, 0.15) is 86.7 Å². The fourth-order valence-electron chi connectivity index (χ4n) is 7.50. The minimum Gasteiger partial charge on any atom is -0.490 e. The molecular formula is C33H43ClN2O4S. The van der Waals surface area contributed by atoms with Gasteiger partial charge in [-0.2, -0.15) is 0 Å². The molecule has 0 radical (unpaired) electrons. The van der Waals surface area contributed by atoms with Crippen LogP contribution in [0.4, 0.5) is 5.69 Å². The van der Waals surface area contributed by atoms with E-state index in [1.807, 2.05) is 32.0 Å². The zero-order chi connectivity index (χ0) is 29.0. The molecule has 2 heterocycles. The molecule has 5 atom stereocenters. The Morgan fingerprint density at radius 2 is 1.93 bits per heavy atom. The monoisotopic (exact) mass is 598 g/mol. The first-order chi connectivity index (χ1) is 19.5. The average molecular weight is 599 g/mol. The van der Waals surface area contributed by atoms with Crippen molar-refractivity contribution in [3.05, 3.63) is 58.1 Å². The van der Waals surface area contributed by atoms with Gasteiger partial charge in [0.05, 0.1) is 32.9 Å². The first-order valence-corrected chi connectivity index (χ1v) is 17.3. The van der Waals surface area contributed by atoms with Gasteiger partial charge in [-0.15, -0.1) is 0 Å². The summed E-state index contributed by atoms with van der Waals surface area (Å²) in [5, 5.41) is 12.0. The Hall–Kier alpha value is -2.22. The summed E-state index contributed by atoms with van der Waals surface area (Å²) in [6, 6.07) is 11.8. The molecule has 0 aromatic heterocycles. The van der Waals surface area contributed by atoms with Crippen LogP contribution < -0.4 is 14.4 Å². The van der Waals surface area contributed by atoms with E-state index in [9.17, 15) is 14.1 Å². The lowest BCUT2D eigenvalue weighted by atomic mass is 9.68. The zero-order valence-corrected chi connectivity index (χ0v) is 25.9. The van der Waals surface area contributed by atoms with Crippen LogP contribution >= 0.6 is 11.6 Å². The van der Waals surface area contributed by atoms with Crippen molar-refractivity contribution in [2.24, 2.45) is 11.8 Å². The smallest absolute Gasteiger partial charge is 0.262 e. The maximum atomic E-state index is 13.7. The molecule has 2 bridgehead atoms. The number of nitrogens with zero attached hydrogens (tertiary/aromatic N) is 1. The van der Waals surface area contributed by atoms with Gasteiger partial charge in [-0.25, -0.2) is 4.21 Å². The van der Waals surface area contributed by atoms with Crippen LogP contribution in [0.25, 0.3) is 0 Å². The number of anilines is 1. The number of amides is 1. The third-order valence-electron chi connectivity index (χ3n) is 10.4. The number of nitrogens with one attached hydrogen (secondary N) is 1. The number of carbonyl (C=O) groups excluding carboxylic acids is 1. The van der Waals surface area contributed by atoms with Crippen LogP contribution in [0.2, 0.25) is 5.02 Å². The largest absolute Gasteiger partial charge is 0.490 e. The summed E-state index contributed by atoms with van der Waals surface area (Å²) in [7, 11) is -2.93. The summed E-state index contributed by atoms with van der Waals surface area (Å²) in [6.45, 7) is 5.93. The molecule has 2 aromatic carbocycles. The van der Waals surface area contributed by atoms with Crippen molar-refractivity contribution in [1.82, 2.24) is 4.72 Å². The molecule has 2 aliphatic carbocycles. The van der Waals surface area contributed by atoms with Gasteiger partial charge in [-0.3, -0.25) is 9.52 Å². The highest BCUT2D eigenvalue weighted by molar-refractivity contribution is 8.00. The standard InChI is InChI=1S/C33H43ClN2O4S/c1-32(2)15-5-4-8-29(37)26-12-9-24(26)19-36-20-33(16-6-7-22-17-25(34)11-13-27(22)33)21-40-30-14-10-23(18-28(30)36)31(38)35-41(32,3)39/h10-11,13-14,17-18,24,26,29,37H,3-9,12,15-16,19-21H2,1-2H3,(H,35,38,39)/t24-,26+,29-,33-,41?/m0/s1. The van der Waals surface area contributed by atoms with Crippen LogP contribution in [0.5, 0.6) is 5.75 Å². The number of carbonyl (C=O) groups is 1. The molecule has 2 aromatic rings. The topological polar surface area (TPSA) is 78.9 Å². The van der Waals surface area contributed by atoms with Crippen molar-refractivity contribution in [3.63, 3.8) is 0 Å². The zero-order valence-electron chi connectivity index (χ0n) is 24.3. The van der Waals surface area contributed by atoms with Crippen LogP contribution in [0, 0.1) is 11.8 Å². The van der Waals surface area contributed by atoms with Crippen molar-refractivity contribution in [3.8, 4) is 5.75 Å². The molecule has 2 aliphatic heterocycles. The van der Waals surface area contributed by atoms with Crippen LogP contribution in [-0.2, 0) is 21.5 Å². The molecule has 0 saturated heterocycles. The Morgan fingerprint density at radius 3 is 2.71 bits per heavy atom. The lowest BCUT2D eigenvalue weighted by molar-refractivity contribution is 0.00896. The quantitative estimate of drug-likeness (QED) is 0.368. The molecule has 1 amide bonds. The summed E-state index contributed by atoms with van der Waals surface area (Å²) in [5.41, 5.74) is 3.73. The Labute approximate surface area is 249 Å². The fraction of sp³-hybridized carbons (Fsp3) is 0.576. The second kappa shape index (κ2) is 10.8. The Kier molecular flexibility index (Phi) is 7.61. The highest BCUT2D eigenvalue weighted by Gasteiger charge is 2.44. The molecule has 222 valence electrons. The summed E-state index contributed by atoms with van der Waals surface area (Å²) < 4.78 is 22.4. The molecule has 1 saturated carbocycles. The number of aryl methyl sites for hydroxylation is 1. The van der Waals surface area contributed by atoms with Gasteiger partial charge in [0.15, 0.2) is 0 Å². The Morgan fingerprint density at radius 1 is 1.10 bits per heavy atom. The maximum absolute atomic E-state index is 13.7. The summed E-state index contributed by atoms with van der Waals surface area (Å²) in [6.07, 6.45) is 7.96. The lowest BCUT2D eigenvalue weighted by Gasteiger charge is -2.46. The average Bonchev–Trinajstić information content (AvgIpc) is 3.05. The van der Waals surface area contributed by atoms with Gasteiger partial charge < -0.3 is 14.7 Å². The molecule has 4 aliphatic rings. The van der Waals surface area contributed by atoms with Gasteiger partial charge in [0.2, 0.25) is 0 Å². The molecule has 2 N–H and O–H groups in total. The predicted octanol–water partition coefficient (Wildman–Crippen LogP) is 5.91. The van der Waals surface area contributed by atoms with Gasteiger partial charge in [0.1, 0.15) is 5.75 Å². The molecular weight excluding hydrogens is 556 g/mol. The molecule has 1 unspecified atom stereocenters. The molecule has 6 nitrogen and oxygen atoms in total. The number of hydrogen-bond acceptors (Lipinski definition) is 5. The highest BCUT2D eigenvalue weighted by Crippen LogP contribution is 2.47. The van der Waals surface area contributed by atoms with Crippen LogP contribution in [-0.4, -0.2) is 51.6 Å². The molecule has 8 heteroatoms. The second-order valence-corrected chi connectivity index (χ2v) is 16.6. The molecule has 41 heavy (non-hydrogen) atoms. The highest BCUT2D eigenvalue weighted by atomic mass is 35.5. The number of aliphatic hydroxyl groups is 1. The van der Waals surface area contributed by atoms with Gasteiger partial charge in [-0.1, -0.05) is 30.5 Å². The minimum absolute atomic E-state index is 0.204. The third kappa shape index (κ3) is 5.38. The fourth-order valence-corrected chi connectivity index (χ4v) is 8.86. The first kappa shape index (κ1) is 28.9. The lowest BCUT2D eigenvalue weighted by Crippen LogP contribution is -2.49. The third-order valence-corrected chi connectivity index (χ3v) is 13.1. The van der Waals surface area contributed by atoms with Crippen LogP contribution in [0.3, 0.4) is 0 Å². The van der Waals surface area contributed by atoms with Crippen molar-refractivity contribution in [1.29, 1.82) is 0 Å². The van der Waals surface area contributed by atoms with E-state index in [0.29, 0.717) is 24.5 Å². The van der Waals surface area contributed by atoms with Gasteiger partial charge in [0, 0.05) is 29.1 Å². The summed E-state index contributed by atoms with van der Waals surface area (Å²) in [4.78, 5) is 15.9. The maximum Gasteiger partial charge on any atom is 0.262 e. The SMILES string of the molecule is C=S1(=O)NC(=O)c2ccc3c(c2)N(C[C@@H]2CC[C@H]2[C@@H](O)CCCCC1(C)C)C[C@@]1(CCCc2cc(Cl)ccc21)CO3. The van der Waals surface area contributed by atoms with Gasteiger partial charge in [0.25, 0.3) is 5.91 Å². The number of fused-ring (bicyclic) bond motifs is 4. The van der Waals surface area contributed by atoms with E-state index in [-0.39, 0.29) is 23.3 Å². The van der Waals surface area contributed by atoms with E-state index in [1.54, 1.807) is 6.07 Å². The summed E-state index contributed by atoms with van der Waals surface area (Å²) in [5.74, 6) is 5.01. The normalized spacial score (nSPS) is 33.4. The number of halogens is 1. The van der Waals surface area contributed by atoms with E-state index in [2.05, 4.69) is 27.6 Å². The number of hydrogen-bond donors (Lipinski definition) is 2. The van der Waals surface area contributed by atoms with E-state index in [0.717, 1.165) is 80.9 Å². The first-order valence-electron chi connectivity index (χ1n) is 15.2. The van der Waals surface area contributed by atoms with Crippen LogP contribution in [0.15, 0.2) is 36.4 Å².